The van der Waals surface area contributed by atoms with Crippen LogP contribution in [0.25, 0.3) is 0 Å². The van der Waals surface area contributed by atoms with E-state index in [-0.39, 0.29) is 11.2 Å². The largest absolute Gasteiger partial charge is 0.308 e. The maximum absolute atomic E-state index is 10.5. The van der Waals surface area contributed by atoms with Crippen molar-refractivity contribution in [2.45, 2.75) is 32.9 Å². The van der Waals surface area contributed by atoms with Crippen molar-refractivity contribution in [3.8, 4) is 0 Å². The number of rotatable bonds is 3. The number of nitrogens with one attached hydrogen (secondary N) is 1. The SMILES string of the molecule is CC(C)(C)NCc1ccc([N+](=O)[O-])cc1Cl. The molecule has 1 aromatic rings. The van der Waals surface area contributed by atoms with Gasteiger partial charge in [-0.2, -0.15) is 0 Å². The molecule has 1 rings (SSSR count). The van der Waals surface area contributed by atoms with E-state index in [0.717, 1.165) is 5.56 Å². The minimum atomic E-state index is -0.452. The number of hydrogen-bond acceptors (Lipinski definition) is 3. The van der Waals surface area contributed by atoms with E-state index in [1.165, 1.54) is 12.1 Å². The van der Waals surface area contributed by atoms with Crippen LogP contribution in [0.2, 0.25) is 5.02 Å². The van der Waals surface area contributed by atoms with Gasteiger partial charge in [0.05, 0.1) is 9.95 Å². The zero-order valence-corrected chi connectivity index (χ0v) is 10.3. The fourth-order valence-corrected chi connectivity index (χ4v) is 1.40. The predicted octanol–water partition coefficient (Wildman–Crippen LogP) is 3.14. The summed E-state index contributed by atoms with van der Waals surface area (Å²) in [6.07, 6.45) is 0. The summed E-state index contributed by atoms with van der Waals surface area (Å²) >= 11 is 5.96. The number of benzene rings is 1. The van der Waals surface area contributed by atoms with E-state index in [1.54, 1.807) is 6.07 Å². The van der Waals surface area contributed by atoms with Crippen molar-refractivity contribution < 1.29 is 4.92 Å². The smallest absolute Gasteiger partial charge is 0.270 e. The molecule has 0 aliphatic carbocycles. The van der Waals surface area contributed by atoms with Gasteiger partial charge < -0.3 is 5.32 Å². The predicted molar refractivity (Wildman–Crippen MR) is 64.7 cm³/mol. The van der Waals surface area contributed by atoms with Crippen molar-refractivity contribution >= 4 is 17.3 Å². The molecule has 0 aliphatic rings. The lowest BCUT2D eigenvalue weighted by Crippen LogP contribution is -2.35. The Morgan fingerprint density at radius 1 is 1.44 bits per heavy atom. The third-order valence-electron chi connectivity index (χ3n) is 2.06. The lowest BCUT2D eigenvalue weighted by molar-refractivity contribution is -0.384. The lowest BCUT2D eigenvalue weighted by atomic mass is 10.1. The van der Waals surface area contributed by atoms with Gasteiger partial charge in [-0.1, -0.05) is 11.6 Å². The minimum absolute atomic E-state index is 0.00883. The van der Waals surface area contributed by atoms with Crippen LogP contribution in [0.1, 0.15) is 26.3 Å². The summed E-state index contributed by atoms with van der Waals surface area (Å²) in [5, 5.41) is 14.2. The van der Waals surface area contributed by atoms with Crippen molar-refractivity contribution in [3.05, 3.63) is 38.9 Å². The first kappa shape index (κ1) is 12.9. The molecule has 0 saturated heterocycles. The summed E-state index contributed by atoms with van der Waals surface area (Å²) in [4.78, 5) is 10.1. The Morgan fingerprint density at radius 3 is 2.50 bits per heavy atom. The quantitative estimate of drug-likeness (QED) is 0.654. The molecule has 5 heteroatoms. The molecule has 0 bridgehead atoms. The highest BCUT2D eigenvalue weighted by atomic mass is 35.5. The van der Waals surface area contributed by atoms with E-state index in [1.807, 2.05) is 20.8 Å². The van der Waals surface area contributed by atoms with Gasteiger partial charge in [-0.25, -0.2) is 0 Å². The number of halogens is 1. The fraction of sp³-hybridized carbons (Fsp3) is 0.455. The molecule has 88 valence electrons. The molecule has 0 fully saturated rings. The summed E-state index contributed by atoms with van der Waals surface area (Å²) < 4.78 is 0. The van der Waals surface area contributed by atoms with Crippen molar-refractivity contribution in [2.75, 3.05) is 0 Å². The second-order valence-corrected chi connectivity index (χ2v) is 5.04. The summed E-state index contributed by atoms with van der Waals surface area (Å²) in [6, 6.07) is 4.52. The van der Waals surface area contributed by atoms with Gasteiger partial charge in [0.2, 0.25) is 0 Å². The zero-order valence-electron chi connectivity index (χ0n) is 9.58. The number of hydrogen-bond donors (Lipinski definition) is 1. The molecule has 0 saturated carbocycles. The Hall–Kier alpha value is -1.13. The van der Waals surface area contributed by atoms with Gasteiger partial charge in [0, 0.05) is 24.2 Å². The number of non-ortho nitro benzene ring substituents is 1. The van der Waals surface area contributed by atoms with Crippen LogP contribution in [-0.4, -0.2) is 10.5 Å². The molecule has 1 aromatic carbocycles. The van der Waals surface area contributed by atoms with Crippen LogP contribution in [0, 0.1) is 10.1 Å². The van der Waals surface area contributed by atoms with E-state index in [2.05, 4.69) is 5.32 Å². The van der Waals surface area contributed by atoms with Gasteiger partial charge in [-0.05, 0) is 32.4 Å². The molecule has 0 atom stereocenters. The minimum Gasteiger partial charge on any atom is -0.308 e. The Labute approximate surface area is 99.8 Å². The van der Waals surface area contributed by atoms with Crippen LogP contribution in [0.15, 0.2) is 18.2 Å². The lowest BCUT2D eigenvalue weighted by Gasteiger charge is -2.20. The Balaban J connectivity index is 2.80. The zero-order chi connectivity index (χ0) is 12.3. The highest BCUT2D eigenvalue weighted by Gasteiger charge is 2.12. The van der Waals surface area contributed by atoms with Crippen molar-refractivity contribution in [1.29, 1.82) is 0 Å². The summed E-state index contributed by atoms with van der Waals surface area (Å²) in [7, 11) is 0. The number of nitro benzene ring substituents is 1. The molecule has 0 spiro atoms. The molecule has 0 radical (unpaired) electrons. The van der Waals surface area contributed by atoms with Crippen molar-refractivity contribution in [1.82, 2.24) is 5.32 Å². The molecule has 0 heterocycles. The molecular weight excluding hydrogens is 228 g/mol. The maximum Gasteiger partial charge on any atom is 0.270 e. The molecule has 0 unspecified atom stereocenters. The molecule has 0 amide bonds. The highest BCUT2D eigenvalue weighted by molar-refractivity contribution is 6.31. The van der Waals surface area contributed by atoms with E-state index in [4.69, 9.17) is 11.6 Å². The van der Waals surface area contributed by atoms with E-state index in [9.17, 15) is 10.1 Å². The first-order chi connectivity index (χ1) is 7.29. The third-order valence-corrected chi connectivity index (χ3v) is 2.41. The molecular formula is C11H15ClN2O2. The standard InChI is InChI=1S/C11H15ClN2O2/c1-11(2,3)13-7-8-4-5-9(14(15)16)6-10(8)12/h4-6,13H,7H2,1-3H3. The number of nitrogens with zero attached hydrogens (tertiary/aromatic N) is 1. The number of nitro groups is 1. The van der Waals surface area contributed by atoms with Crippen LogP contribution >= 0.6 is 11.6 Å². The maximum atomic E-state index is 10.5. The first-order valence-electron chi connectivity index (χ1n) is 4.97. The molecule has 0 aliphatic heterocycles. The van der Waals surface area contributed by atoms with Gasteiger partial charge in [-0.15, -0.1) is 0 Å². The van der Waals surface area contributed by atoms with Crippen LogP contribution in [0.5, 0.6) is 0 Å². The Kier molecular flexibility index (Phi) is 3.88. The van der Waals surface area contributed by atoms with E-state index >= 15 is 0 Å². The van der Waals surface area contributed by atoms with Gasteiger partial charge in [0.15, 0.2) is 0 Å². The molecule has 0 aromatic heterocycles. The highest BCUT2D eigenvalue weighted by Crippen LogP contribution is 2.22. The van der Waals surface area contributed by atoms with Crippen molar-refractivity contribution in [2.24, 2.45) is 0 Å². The van der Waals surface area contributed by atoms with Gasteiger partial charge in [-0.3, -0.25) is 10.1 Å². The average molecular weight is 243 g/mol. The average Bonchev–Trinajstić information content (AvgIpc) is 2.14. The van der Waals surface area contributed by atoms with Gasteiger partial charge >= 0.3 is 0 Å². The Bertz CT molecular complexity index is 399. The molecule has 1 N–H and O–H groups in total. The van der Waals surface area contributed by atoms with Crippen LogP contribution < -0.4 is 5.32 Å². The molecule has 16 heavy (non-hydrogen) atoms. The second-order valence-electron chi connectivity index (χ2n) is 4.64. The summed E-state index contributed by atoms with van der Waals surface area (Å²) in [5.74, 6) is 0. The van der Waals surface area contributed by atoms with Gasteiger partial charge in [0.25, 0.3) is 5.69 Å². The normalized spacial score (nSPS) is 11.5. The third kappa shape index (κ3) is 3.79. The van der Waals surface area contributed by atoms with Gasteiger partial charge in [0.1, 0.15) is 0 Å². The fourth-order valence-electron chi connectivity index (χ4n) is 1.15. The second kappa shape index (κ2) is 4.80. The summed E-state index contributed by atoms with van der Waals surface area (Å²) in [5.41, 5.74) is 0.872. The molecule has 4 nitrogen and oxygen atoms in total. The van der Waals surface area contributed by atoms with Crippen LogP contribution in [0.3, 0.4) is 0 Å². The monoisotopic (exact) mass is 242 g/mol. The van der Waals surface area contributed by atoms with Crippen LogP contribution in [0.4, 0.5) is 5.69 Å². The summed E-state index contributed by atoms with van der Waals surface area (Å²) in [6.45, 7) is 6.74. The van der Waals surface area contributed by atoms with E-state index < -0.39 is 4.92 Å². The van der Waals surface area contributed by atoms with Crippen LogP contribution in [-0.2, 0) is 6.54 Å². The van der Waals surface area contributed by atoms with Crippen molar-refractivity contribution in [3.63, 3.8) is 0 Å². The van der Waals surface area contributed by atoms with E-state index in [0.29, 0.717) is 11.6 Å². The first-order valence-corrected chi connectivity index (χ1v) is 5.35. The topological polar surface area (TPSA) is 55.2 Å². The Morgan fingerprint density at radius 2 is 2.06 bits per heavy atom.